The van der Waals surface area contributed by atoms with Gasteiger partial charge in [-0.25, -0.2) is 9.78 Å². The number of nitrogens with zero attached hydrogens (tertiary/aromatic N) is 1. The summed E-state index contributed by atoms with van der Waals surface area (Å²) in [6, 6.07) is 5.00. The van der Waals surface area contributed by atoms with Crippen molar-refractivity contribution < 1.29 is 9.90 Å². The van der Waals surface area contributed by atoms with Gasteiger partial charge in [0, 0.05) is 10.6 Å². The molecule has 0 spiro atoms. The zero-order chi connectivity index (χ0) is 11.7. The average molecular weight is 274 g/mol. The summed E-state index contributed by atoms with van der Waals surface area (Å²) in [5.41, 5.74) is 0.684. The van der Waals surface area contributed by atoms with Gasteiger partial charge in [0.2, 0.25) is 0 Å². The number of hydrogen-bond acceptors (Lipinski definition) is 3. The van der Waals surface area contributed by atoms with E-state index in [9.17, 15) is 4.79 Å². The van der Waals surface area contributed by atoms with Gasteiger partial charge in [-0.05, 0) is 18.2 Å². The van der Waals surface area contributed by atoms with Crippen molar-refractivity contribution >= 4 is 40.5 Å². The predicted molar refractivity (Wildman–Crippen MR) is 64.5 cm³/mol. The second kappa shape index (κ2) is 4.41. The van der Waals surface area contributed by atoms with E-state index in [4.69, 9.17) is 28.3 Å². The molecule has 0 unspecified atom stereocenters. The van der Waals surface area contributed by atoms with Crippen molar-refractivity contribution in [2.45, 2.75) is 0 Å². The molecule has 16 heavy (non-hydrogen) atoms. The third-order valence-electron chi connectivity index (χ3n) is 1.88. The topological polar surface area (TPSA) is 50.2 Å². The Hall–Kier alpha value is -1.10. The Morgan fingerprint density at radius 2 is 2.12 bits per heavy atom. The zero-order valence-corrected chi connectivity index (χ0v) is 10.1. The molecule has 0 saturated heterocycles. The van der Waals surface area contributed by atoms with Crippen molar-refractivity contribution in [3.63, 3.8) is 0 Å². The fourth-order valence-corrected chi connectivity index (χ4v) is 2.51. The first-order valence-electron chi connectivity index (χ1n) is 4.22. The molecule has 0 amide bonds. The highest BCUT2D eigenvalue weighted by Crippen LogP contribution is 2.32. The van der Waals surface area contributed by atoms with Gasteiger partial charge in [0.15, 0.2) is 0 Å². The molecule has 2 rings (SSSR count). The minimum atomic E-state index is -0.992. The van der Waals surface area contributed by atoms with E-state index in [2.05, 4.69) is 4.98 Å². The van der Waals surface area contributed by atoms with Crippen LogP contribution >= 0.6 is 34.5 Å². The highest BCUT2D eigenvalue weighted by molar-refractivity contribution is 7.16. The average Bonchev–Trinajstić information content (AvgIpc) is 2.66. The molecule has 1 aromatic carbocycles. The molecule has 2 aromatic rings. The van der Waals surface area contributed by atoms with Gasteiger partial charge < -0.3 is 5.11 Å². The maximum atomic E-state index is 10.7. The lowest BCUT2D eigenvalue weighted by molar-refractivity contribution is 0.0702. The molecule has 3 nitrogen and oxygen atoms in total. The monoisotopic (exact) mass is 273 g/mol. The van der Waals surface area contributed by atoms with Crippen LogP contribution in [0, 0.1) is 0 Å². The summed E-state index contributed by atoms with van der Waals surface area (Å²) in [5, 5.41) is 10.3. The molecule has 0 bridgehead atoms. The molecular formula is C10H5Cl2NO2S. The standard InChI is InChI=1S/C10H5Cl2NO2S/c11-5-1-2-6(7(12)3-5)9-13-4-8(16-9)10(14)15/h1-4H,(H,14,15). The van der Waals surface area contributed by atoms with Crippen LogP contribution in [0.5, 0.6) is 0 Å². The lowest BCUT2D eigenvalue weighted by Crippen LogP contribution is -1.89. The number of halogens is 2. The molecule has 0 saturated carbocycles. The summed E-state index contributed by atoms with van der Waals surface area (Å²) in [7, 11) is 0. The van der Waals surface area contributed by atoms with E-state index < -0.39 is 5.97 Å². The smallest absolute Gasteiger partial charge is 0.347 e. The van der Waals surface area contributed by atoms with Crippen LogP contribution in [0.25, 0.3) is 10.6 Å². The molecule has 1 aromatic heterocycles. The van der Waals surface area contributed by atoms with Gasteiger partial charge in [-0.3, -0.25) is 0 Å². The highest BCUT2D eigenvalue weighted by atomic mass is 35.5. The van der Waals surface area contributed by atoms with Crippen LogP contribution in [0.1, 0.15) is 9.67 Å². The van der Waals surface area contributed by atoms with Crippen LogP contribution in [-0.4, -0.2) is 16.1 Å². The molecule has 0 aliphatic rings. The molecule has 0 aliphatic heterocycles. The van der Waals surface area contributed by atoms with Crippen LogP contribution in [0.2, 0.25) is 10.0 Å². The Labute approximate surface area is 105 Å². The van der Waals surface area contributed by atoms with E-state index in [1.54, 1.807) is 18.2 Å². The van der Waals surface area contributed by atoms with Crippen LogP contribution in [-0.2, 0) is 0 Å². The van der Waals surface area contributed by atoms with E-state index in [1.165, 1.54) is 6.20 Å². The Morgan fingerprint density at radius 3 is 2.69 bits per heavy atom. The van der Waals surface area contributed by atoms with Crippen LogP contribution in [0.3, 0.4) is 0 Å². The van der Waals surface area contributed by atoms with Crippen molar-refractivity contribution in [3.8, 4) is 10.6 Å². The summed E-state index contributed by atoms with van der Waals surface area (Å²) >= 11 is 12.8. The number of rotatable bonds is 2. The quantitative estimate of drug-likeness (QED) is 0.905. The summed E-state index contributed by atoms with van der Waals surface area (Å²) < 4.78 is 0. The van der Waals surface area contributed by atoms with Crippen LogP contribution < -0.4 is 0 Å². The molecule has 0 atom stereocenters. The number of aromatic nitrogens is 1. The lowest BCUT2D eigenvalue weighted by atomic mass is 10.2. The van der Waals surface area contributed by atoms with Crippen molar-refractivity contribution in [1.82, 2.24) is 4.98 Å². The SMILES string of the molecule is O=C(O)c1cnc(-c2ccc(Cl)cc2Cl)s1. The Kier molecular flexibility index (Phi) is 3.14. The first kappa shape index (κ1) is 11.4. The third kappa shape index (κ3) is 2.19. The van der Waals surface area contributed by atoms with Gasteiger partial charge in [-0.1, -0.05) is 23.2 Å². The Balaban J connectivity index is 2.46. The van der Waals surface area contributed by atoms with Crippen molar-refractivity contribution in [2.75, 3.05) is 0 Å². The molecule has 0 fully saturated rings. The number of carboxylic acid groups (broad SMARTS) is 1. The second-order valence-electron chi connectivity index (χ2n) is 2.96. The van der Waals surface area contributed by atoms with Crippen LogP contribution in [0.15, 0.2) is 24.4 Å². The van der Waals surface area contributed by atoms with E-state index in [0.717, 1.165) is 11.3 Å². The molecule has 6 heteroatoms. The van der Waals surface area contributed by atoms with E-state index >= 15 is 0 Å². The van der Waals surface area contributed by atoms with Gasteiger partial charge in [-0.2, -0.15) is 0 Å². The molecular weight excluding hydrogens is 269 g/mol. The maximum absolute atomic E-state index is 10.7. The van der Waals surface area contributed by atoms with Gasteiger partial charge >= 0.3 is 5.97 Å². The van der Waals surface area contributed by atoms with Crippen LogP contribution in [0.4, 0.5) is 0 Å². The summed E-state index contributed by atoms with van der Waals surface area (Å²) in [5.74, 6) is -0.992. The summed E-state index contributed by atoms with van der Waals surface area (Å²) in [4.78, 5) is 14.9. The number of aromatic carboxylic acids is 1. The Bertz CT molecular complexity index is 554. The third-order valence-corrected chi connectivity index (χ3v) is 3.44. The summed E-state index contributed by atoms with van der Waals surface area (Å²) in [6.07, 6.45) is 1.31. The maximum Gasteiger partial charge on any atom is 0.347 e. The largest absolute Gasteiger partial charge is 0.477 e. The molecule has 0 radical (unpaired) electrons. The number of carboxylic acids is 1. The van der Waals surface area contributed by atoms with Crippen molar-refractivity contribution in [2.24, 2.45) is 0 Å². The lowest BCUT2D eigenvalue weighted by Gasteiger charge is -1.99. The number of thiazole rings is 1. The van der Waals surface area contributed by atoms with Gasteiger partial charge in [0.25, 0.3) is 0 Å². The van der Waals surface area contributed by atoms with Gasteiger partial charge in [-0.15, -0.1) is 11.3 Å². The van der Waals surface area contributed by atoms with E-state index in [1.807, 2.05) is 0 Å². The van der Waals surface area contributed by atoms with E-state index in [-0.39, 0.29) is 4.88 Å². The Morgan fingerprint density at radius 1 is 1.38 bits per heavy atom. The molecule has 1 N–H and O–H groups in total. The first-order valence-corrected chi connectivity index (χ1v) is 5.79. The normalized spacial score (nSPS) is 10.4. The van der Waals surface area contributed by atoms with Crippen molar-refractivity contribution in [1.29, 1.82) is 0 Å². The summed E-state index contributed by atoms with van der Waals surface area (Å²) in [6.45, 7) is 0. The second-order valence-corrected chi connectivity index (χ2v) is 4.83. The minimum absolute atomic E-state index is 0.181. The predicted octanol–water partition coefficient (Wildman–Crippen LogP) is 3.82. The molecule has 1 heterocycles. The van der Waals surface area contributed by atoms with Gasteiger partial charge in [0.1, 0.15) is 9.88 Å². The number of benzene rings is 1. The molecule has 0 aliphatic carbocycles. The minimum Gasteiger partial charge on any atom is -0.477 e. The molecule has 82 valence electrons. The highest BCUT2D eigenvalue weighted by Gasteiger charge is 2.12. The fraction of sp³-hybridized carbons (Fsp3) is 0. The van der Waals surface area contributed by atoms with E-state index in [0.29, 0.717) is 20.6 Å². The first-order chi connectivity index (χ1) is 7.58. The van der Waals surface area contributed by atoms with Gasteiger partial charge in [0.05, 0.1) is 11.2 Å². The van der Waals surface area contributed by atoms with Crippen molar-refractivity contribution in [3.05, 3.63) is 39.3 Å². The number of hydrogen-bond donors (Lipinski definition) is 1. The number of carbonyl (C=O) groups is 1. The zero-order valence-electron chi connectivity index (χ0n) is 7.78. The fourth-order valence-electron chi connectivity index (χ4n) is 1.16.